The Morgan fingerprint density at radius 3 is 2.39 bits per heavy atom. The second kappa shape index (κ2) is 9.16. The number of hydrogen-bond donors (Lipinski definition) is 3. The van der Waals surface area contributed by atoms with Crippen molar-refractivity contribution in [3.05, 3.63) is 53.1 Å². The minimum Gasteiger partial charge on any atom is -0.493 e. The first-order valence-corrected chi connectivity index (χ1v) is 9.19. The van der Waals surface area contributed by atoms with Crippen LogP contribution in [0.1, 0.15) is 38.8 Å². The number of hydrogen-bond acceptors (Lipinski definition) is 7. The van der Waals surface area contributed by atoms with Crippen LogP contribution < -0.4 is 20.1 Å². The summed E-state index contributed by atoms with van der Waals surface area (Å²) in [6.07, 6.45) is -0.891. The Kier molecular flexibility index (Phi) is 6.39. The molecular formula is C21H20N2O8. The summed E-state index contributed by atoms with van der Waals surface area (Å²) >= 11 is 0. The molecule has 0 bridgehead atoms. The topological polar surface area (TPSA) is 140 Å². The van der Waals surface area contributed by atoms with Gasteiger partial charge in [-0.25, -0.2) is 4.79 Å². The van der Waals surface area contributed by atoms with Crippen LogP contribution in [0, 0.1) is 0 Å². The van der Waals surface area contributed by atoms with Crippen LogP contribution in [-0.4, -0.2) is 49.6 Å². The number of benzene rings is 2. The lowest BCUT2D eigenvalue weighted by atomic mass is 10.0. The molecule has 10 nitrogen and oxygen atoms in total. The van der Waals surface area contributed by atoms with Crippen LogP contribution in [0.2, 0.25) is 0 Å². The van der Waals surface area contributed by atoms with Crippen LogP contribution in [-0.2, 0) is 14.3 Å². The number of carbonyl (C=O) groups excluding carboxylic acids is 3. The highest BCUT2D eigenvalue weighted by atomic mass is 16.6. The molecule has 1 aliphatic rings. The number of methoxy groups -OCH3 is 2. The SMILES string of the molecule is COc1ccc2c(c1OC)C(=O)O[C@H]2CC(=O)Nc1ccc(C(=O)NCC(=O)O)cc1. The van der Waals surface area contributed by atoms with E-state index < -0.39 is 36.4 Å². The molecule has 3 N–H and O–H groups in total. The zero-order valence-corrected chi connectivity index (χ0v) is 16.8. The van der Waals surface area contributed by atoms with Gasteiger partial charge in [0.2, 0.25) is 5.91 Å². The Morgan fingerprint density at radius 2 is 1.77 bits per heavy atom. The average Bonchev–Trinajstić information content (AvgIpc) is 3.06. The van der Waals surface area contributed by atoms with Crippen molar-refractivity contribution in [3.63, 3.8) is 0 Å². The number of ether oxygens (including phenoxy) is 3. The summed E-state index contributed by atoms with van der Waals surface area (Å²) in [5.74, 6) is -2.05. The summed E-state index contributed by atoms with van der Waals surface area (Å²) in [6, 6.07) is 9.22. The van der Waals surface area contributed by atoms with Crippen molar-refractivity contribution >= 4 is 29.4 Å². The molecule has 0 fully saturated rings. The molecule has 0 saturated carbocycles. The van der Waals surface area contributed by atoms with E-state index in [-0.39, 0.29) is 23.3 Å². The van der Waals surface area contributed by atoms with E-state index in [1.165, 1.54) is 38.5 Å². The number of fused-ring (bicyclic) bond motifs is 1. The van der Waals surface area contributed by atoms with E-state index in [9.17, 15) is 19.2 Å². The normalized spacial score (nSPS) is 14.3. The molecule has 0 spiro atoms. The van der Waals surface area contributed by atoms with Gasteiger partial charge in [0.05, 0.1) is 20.6 Å². The first-order valence-electron chi connectivity index (χ1n) is 9.19. The van der Waals surface area contributed by atoms with Gasteiger partial charge >= 0.3 is 11.9 Å². The zero-order chi connectivity index (χ0) is 22.5. The Morgan fingerprint density at radius 1 is 1.06 bits per heavy atom. The number of amides is 2. The highest BCUT2D eigenvalue weighted by molar-refractivity contribution is 6.00. The standard InChI is InChI=1S/C21H20N2O8/c1-29-14-8-7-13-15(31-21(28)18(13)19(14)30-2)9-16(24)23-12-5-3-11(4-6-12)20(27)22-10-17(25)26/h3-8,15H,9-10H2,1-2H3,(H,22,27)(H,23,24)(H,25,26)/t15-/m0/s1. The predicted molar refractivity (Wildman–Crippen MR) is 107 cm³/mol. The number of nitrogens with one attached hydrogen (secondary N) is 2. The molecule has 3 rings (SSSR count). The molecule has 1 atom stereocenters. The molecule has 162 valence electrons. The Bertz CT molecular complexity index is 1030. The molecule has 0 radical (unpaired) electrons. The lowest BCUT2D eigenvalue weighted by Gasteiger charge is -2.13. The third-order valence-electron chi connectivity index (χ3n) is 4.58. The number of aliphatic carboxylic acids is 1. The Labute approximate surface area is 177 Å². The average molecular weight is 428 g/mol. The molecule has 0 aromatic heterocycles. The fraction of sp³-hybridized carbons (Fsp3) is 0.238. The minimum absolute atomic E-state index is 0.116. The number of carboxylic acid groups (broad SMARTS) is 1. The van der Waals surface area contributed by atoms with Gasteiger partial charge in [-0.3, -0.25) is 14.4 Å². The maximum absolute atomic E-state index is 12.5. The molecule has 2 amide bonds. The van der Waals surface area contributed by atoms with Crippen LogP contribution >= 0.6 is 0 Å². The smallest absolute Gasteiger partial charge is 0.343 e. The molecule has 1 heterocycles. The van der Waals surface area contributed by atoms with E-state index in [1.807, 2.05) is 0 Å². The second-order valence-corrected chi connectivity index (χ2v) is 6.57. The Balaban J connectivity index is 1.65. The van der Waals surface area contributed by atoms with E-state index in [0.717, 1.165) is 0 Å². The number of cyclic esters (lactones) is 1. The number of carboxylic acids is 1. The predicted octanol–water partition coefficient (Wildman–Crippen LogP) is 1.76. The molecule has 10 heteroatoms. The molecule has 0 saturated heterocycles. The number of esters is 1. The lowest BCUT2D eigenvalue weighted by molar-refractivity contribution is -0.135. The fourth-order valence-corrected chi connectivity index (χ4v) is 3.17. The van der Waals surface area contributed by atoms with Gasteiger partial charge in [0.15, 0.2) is 11.5 Å². The number of anilines is 1. The third kappa shape index (κ3) is 4.74. The molecule has 0 aliphatic carbocycles. The number of carbonyl (C=O) groups is 4. The third-order valence-corrected chi connectivity index (χ3v) is 4.58. The lowest BCUT2D eigenvalue weighted by Crippen LogP contribution is -2.29. The summed E-state index contributed by atoms with van der Waals surface area (Å²) in [7, 11) is 2.87. The summed E-state index contributed by atoms with van der Waals surface area (Å²) in [5.41, 5.74) is 1.44. The maximum Gasteiger partial charge on any atom is 0.343 e. The highest BCUT2D eigenvalue weighted by Crippen LogP contribution is 2.43. The van der Waals surface area contributed by atoms with Gasteiger partial charge in [0.25, 0.3) is 5.91 Å². The van der Waals surface area contributed by atoms with E-state index in [1.54, 1.807) is 12.1 Å². The molecular weight excluding hydrogens is 408 g/mol. The molecule has 0 unspecified atom stereocenters. The summed E-state index contributed by atoms with van der Waals surface area (Å²) in [6.45, 7) is -0.491. The highest BCUT2D eigenvalue weighted by Gasteiger charge is 2.36. The van der Waals surface area contributed by atoms with E-state index in [0.29, 0.717) is 17.0 Å². The maximum atomic E-state index is 12.5. The van der Waals surface area contributed by atoms with Crippen LogP contribution in [0.25, 0.3) is 0 Å². The van der Waals surface area contributed by atoms with Crippen LogP contribution in [0.4, 0.5) is 5.69 Å². The second-order valence-electron chi connectivity index (χ2n) is 6.57. The van der Waals surface area contributed by atoms with Gasteiger partial charge in [-0.1, -0.05) is 6.07 Å². The van der Waals surface area contributed by atoms with Crippen molar-refractivity contribution in [1.82, 2.24) is 5.32 Å². The van der Waals surface area contributed by atoms with Crippen molar-refractivity contribution in [3.8, 4) is 11.5 Å². The van der Waals surface area contributed by atoms with Crippen molar-refractivity contribution in [2.45, 2.75) is 12.5 Å². The van der Waals surface area contributed by atoms with Crippen LogP contribution in [0.15, 0.2) is 36.4 Å². The monoisotopic (exact) mass is 428 g/mol. The van der Waals surface area contributed by atoms with Gasteiger partial charge in [-0.15, -0.1) is 0 Å². The van der Waals surface area contributed by atoms with Crippen LogP contribution in [0.5, 0.6) is 11.5 Å². The molecule has 31 heavy (non-hydrogen) atoms. The minimum atomic E-state index is -1.15. The van der Waals surface area contributed by atoms with Gasteiger partial charge in [0, 0.05) is 16.8 Å². The number of rotatable bonds is 8. The van der Waals surface area contributed by atoms with E-state index in [4.69, 9.17) is 19.3 Å². The van der Waals surface area contributed by atoms with E-state index >= 15 is 0 Å². The summed E-state index contributed by atoms with van der Waals surface area (Å²) in [4.78, 5) is 47.1. The zero-order valence-electron chi connectivity index (χ0n) is 16.8. The van der Waals surface area contributed by atoms with Gasteiger partial charge in [-0.05, 0) is 30.3 Å². The van der Waals surface area contributed by atoms with Crippen LogP contribution in [0.3, 0.4) is 0 Å². The molecule has 2 aromatic rings. The first kappa shape index (κ1) is 21.6. The van der Waals surface area contributed by atoms with Crippen molar-refractivity contribution in [1.29, 1.82) is 0 Å². The first-order chi connectivity index (χ1) is 14.8. The summed E-state index contributed by atoms with van der Waals surface area (Å²) < 4.78 is 15.8. The van der Waals surface area contributed by atoms with Crippen molar-refractivity contribution in [2.75, 3.05) is 26.1 Å². The Hall–Kier alpha value is -4.08. The van der Waals surface area contributed by atoms with E-state index in [2.05, 4.69) is 10.6 Å². The molecule has 2 aromatic carbocycles. The van der Waals surface area contributed by atoms with Crippen molar-refractivity contribution in [2.24, 2.45) is 0 Å². The molecule has 1 aliphatic heterocycles. The van der Waals surface area contributed by atoms with Gasteiger partial charge in [-0.2, -0.15) is 0 Å². The fourth-order valence-electron chi connectivity index (χ4n) is 3.17. The largest absolute Gasteiger partial charge is 0.493 e. The van der Waals surface area contributed by atoms with Crippen molar-refractivity contribution < 1.29 is 38.5 Å². The summed E-state index contributed by atoms with van der Waals surface area (Å²) in [5, 5.41) is 13.5. The quantitative estimate of drug-likeness (QED) is 0.540. The van der Waals surface area contributed by atoms with Gasteiger partial charge < -0.3 is 30.0 Å². The van der Waals surface area contributed by atoms with Gasteiger partial charge in [0.1, 0.15) is 18.2 Å².